The molecule has 2 aromatic rings. The van der Waals surface area contributed by atoms with Gasteiger partial charge >= 0.3 is 10.8 Å². The van der Waals surface area contributed by atoms with Crippen molar-refractivity contribution in [3.05, 3.63) is 56.5 Å². The number of allylic oxidation sites excluding steroid dienone is 1. The van der Waals surface area contributed by atoms with Crippen LogP contribution >= 0.6 is 23.1 Å². The minimum atomic E-state index is -0.921. The number of hydrogen-bond acceptors (Lipinski definition) is 6. The lowest BCUT2D eigenvalue weighted by molar-refractivity contribution is -0.142. The molecule has 9 heteroatoms. The standard InChI is InChI=1S/C25H24N2O5S2/c28-16(29)7-4-10-27-23(30)18-14-11-15(19(18)24(27)31)20-17(14)13(9-8-12-5-2-1-3-6-12)21-22(33-20)26-25(32)34-21/h1-3,5-6,8-9,13-15,17-20H,4,7,10-11H2,(H,26,32)(H,28,29)/b9-8+/t13-,14+,15-,17+,18-,19-,20+/m1/s1. The van der Waals surface area contributed by atoms with Crippen LogP contribution in [0.5, 0.6) is 0 Å². The van der Waals surface area contributed by atoms with Crippen molar-refractivity contribution >= 4 is 47.0 Å². The summed E-state index contributed by atoms with van der Waals surface area (Å²) in [7, 11) is 0. The normalized spacial score (nSPS) is 33.4. The Morgan fingerprint density at radius 3 is 2.59 bits per heavy atom. The van der Waals surface area contributed by atoms with Gasteiger partial charge < -0.3 is 10.1 Å². The van der Waals surface area contributed by atoms with E-state index in [2.05, 4.69) is 17.1 Å². The van der Waals surface area contributed by atoms with Crippen molar-refractivity contribution in [3.8, 4) is 0 Å². The third-order valence-electron chi connectivity index (χ3n) is 7.93. The van der Waals surface area contributed by atoms with E-state index >= 15 is 0 Å². The molecule has 1 aromatic carbocycles. The Bertz CT molecular complexity index is 1250. The number of benzene rings is 1. The fourth-order valence-corrected chi connectivity index (χ4v) is 9.59. The molecule has 2 amide bonds. The molecule has 2 N–H and O–H groups in total. The zero-order chi connectivity index (χ0) is 23.6. The summed E-state index contributed by atoms with van der Waals surface area (Å²) in [5.74, 6) is -1.44. The number of thioether (sulfide) groups is 1. The Morgan fingerprint density at radius 2 is 1.85 bits per heavy atom. The lowest BCUT2D eigenvalue weighted by atomic mass is 9.69. The van der Waals surface area contributed by atoms with Crippen LogP contribution < -0.4 is 4.87 Å². The molecule has 2 aliphatic carbocycles. The number of likely N-dealkylation sites (tertiary alicyclic amines) is 1. The number of nitrogens with zero attached hydrogens (tertiary/aromatic N) is 1. The van der Waals surface area contributed by atoms with Crippen molar-refractivity contribution in [1.29, 1.82) is 0 Å². The van der Waals surface area contributed by atoms with Gasteiger partial charge in [0.1, 0.15) is 0 Å². The summed E-state index contributed by atoms with van der Waals surface area (Å²) < 4.78 is 0. The molecule has 0 spiro atoms. The first kappa shape index (κ1) is 21.9. The number of H-pyrrole nitrogens is 1. The number of aromatic amines is 1. The molecule has 4 aliphatic rings. The smallest absolute Gasteiger partial charge is 0.305 e. The van der Waals surface area contributed by atoms with E-state index in [-0.39, 0.29) is 76.8 Å². The van der Waals surface area contributed by atoms with Crippen LogP contribution in [0, 0.1) is 29.6 Å². The Morgan fingerprint density at radius 1 is 1.12 bits per heavy atom. The van der Waals surface area contributed by atoms with E-state index in [1.807, 2.05) is 30.3 Å². The first-order valence-corrected chi connectivity index (χ1v) is 13.3. The van der Waals surface area contributed by atoms with Crippen molar-refractivity contribution < 1.29 is 19.5 Å². The van der Waals surface area contributed by atoms with Crippen molar-refractivity contribution in [2.24, 2.45) is 29.6 Å². The minimum Gasteiger partial charge on any atom is -0.481 e. The van der Waals surface area contributed by atoms with Gasteiger partial charge in [-0.2, -0.15) is 0 Å². The molecule has 2 aliphatic heterocycles. The highest BCUT2D eigenvalue weighted by atomic mass is 32.2. The van der Waals surface area contributed by atoms with Gasteiger partial charge in [0, 0.05) is 29.0 Å². The molecule has 1 aromatic heterocycles. The molecular formula is C25H24N2O5S2. The van der Waals surface area contributed by atoms with Crippen LogP contribution in [0.4, 0.5) is 0 Å². The molecule has 7 atom stereocenters. The average Bonchev–Trinajstić information content (AvgIpc) is 3.54. The molecule has 0 radical (unpaired) electrons. The van der Waals surface area contributed by atoms with Gasteiger partial charge in [0.05, 0.1) is 16.9 Å². The maximum atomic E-state index is 13.4. The second-order valence-electron chi connectivity index (χ2n) is 9.60. The monoisotopic (exact) mass is 496 g/mol. The van der Waals surface area contributed by atoms with E-state index in [0.717, 1.165) is 21.9 Å². The second kappa shape index (κ2) is 8.23. The minimum absolute atomic E-state index is 0.0188. The van der Waals surface area contributed by atoms with Gasteiger partial charge in [-0.3, -0.25) is 24.1 Å². The number of carboxylic acid groups (broad SMARTS) is 1. The number of hydrogen-bond donors (Lipinski definition) is 2. The molecule has 3 heterocycles. The summed E-state index contributed by atoms with van der Waals surface area (Å²) in [4.78, 5) is 55.0. The number of nitrogens with one attached hydrogen (secondary N) is 1. The summed E-state index contributed by atoms with van der Waals surface area (Å²) >= 11 is 2.92. The Balaban J connectivity index is 1.33. The van der Waals surface area contributed by atoms with Gasteiger partial charge in [-0.1, -0.05) is 53.8 Å². The summed E-state index contributed by atoms with van der Waals surface area (Å²) in [6.45, 7) is 0.177. The van der Waals surface area contributed by atoms with Crippen LogP contribution in [0.3, 0.4) is 0 Å². The molecule has 1 saturated heterocycles. The largest absolute Gasteiger partial charge is 0.481 e. The predicted molar refractivity (Wildman–Crippen MR) is 128 cm³/mol. The zero-order valence-electron chi connectivity index (χ0n) is 18.3. The number of aromatic nitrogens is 1. The topological polar surface area (TPSA) is 108 Å². The number of carbonyl (C=O) groups excluding carboxylic acids is 2. The van der Waals surface area contributed by atoms with Gasteiger partial charge in [-0.15, -0.1) is 11.8 Å². The Kier molecular flexibility index (Phi) is 5.29. The van der Waals surface area contributed by atoms with E-state index in [1.54, 1.807) is 11.8 Å². The van der Waals surface area contributed by atoms with Crippen molar-refractivity contribution in [2.75, 3.05) is 6.54 Å². The number of carboxylic acids is 1. The highest BCUT2D eigenvalue weighted by molar-refractivity contribution is 8.00. The number of carbonyl (C=O) groups is 3. The molecule has 2 bridgehead atoms. The van der Waals surface area contributed by atoms with E-state index in [0.29, 0.717) is 0 Å². The predicted octanol–water partition coefficient (Wildman–Crippen LogP) is 3.44. The van der Waals surface area contributed by atoms with E-state index in [1.165, 1.54) is 16.2 Å². The first-order chi connectivity index (χ1) is 16.4. The van der Waals surface area contributed by atoms with Crippen LogP contribution in [-0.4, -0.2) is 44.6 Å². The number of aliphatic carboxylic acids is 1. The molecule has 0 unspecified atom stereocenters. The Hall–Kier alpha value is -2.65. The molecule has 34 heavy (non-hydrogen) atoms. The second-order valence-corrected chi connectivity index (χ2v) is 11.8. The molecule has 3 fully saturated rings. The molecule has 176 valence electrons. The number of rotatable bonds is 6. The van der Waals surface area contributed by atoms with E-state index in [9.17, 15) is 19.2 Å². The van der Waals surface area contributed by atoms with Gasteiger partial charge in [0.2, 0.25) is 11.8 Å². The molecule has 2 saturated carbocycles. The fraction of sp³-hybridized carbons (Fsp3) is 0.440. The molecule has 7 nitrogen and oxygen atoms in total. The maximum Gasteiger partial charge on any atom is 0.305 e. The maximum absolute atomic E-state index is 13.4. The number of thiazole rings is 1. The van der Waals surface area contributed by atoms with E-state index < -0.39 is 5.97 Å². The molecule has 6 rings (SSSR count). The SMILES string of the molecule is O=C(O)CCCN1C(=O)[C@@H]2[C@H]3C[C@@H]([C@@H]4Sc5[nH]c(=O)sc5[C@H](/C=C/c5ccccc5)[C@@H]34)[C@H]2C1=O. The van der Waals surface area contributed by atoms with Crippen molar-refractivity contribution in [1.82, 2.24) is 9.88 Å². The highest BCUT2D eigenvalue weighted by Crippen LogP contribution is 2.67. The zero-order valence-corrected chi connectivity index (χ0v) is 19.9. The summed E-state index contributed by atoms with van der Waals surface area (Å²) in [6.07, 6.45) is 5.35. The van der Waals surface area contributed by atoms with Gasteiger partial charge in [-0.05, 0) is 36.2 Å². The fourth-order valence-electron chi connectivity index (χ4n) is 6.73. The van der Waals surface area contributed by atoms with Crippen LogP contribution in [-0.2, 0) is 14.4 Å². The summed E-state index contributed by atoms with van der Waals surface area (Å²) in [5.41, 5.74) is 1.08. The number of fused-ring (bicyclic) bond motifs is 9. The van der Waals surface area contributed by atoms with Crippen molar-refractivity contribution in [2.45, 2.75) is 35.5 Å². The van der Waals surface area contributed by atoms with Gasteiger partial charge in [-0.25, -0.2) is 0 Å². The third kappa shape index (κ3) is 3.32. The number of amides is 2. The van der Waals surface area contributed by atoms with E-state index in [4.69, 9.17) is 5.11 Å². The quantitative estimate of drug-likeness (QED) is 0.594. The first-order valence-electron chi connectivity index (χ1n) is 11.6. The number of imide groups is 1. The van der Waals surface area contributed by atoms with Crippen molar-refractivity contribution in [3.63, 3.8) is 0 Å². The third-order valence-corrected chi connectivity index (χ3v) is 10.5. The molecular weight excluding hydrogens is 472 g/mol. The van der Waals surface area contributed by atoms with Crippen LogP contribution in [0.1, 0.15) is 35.6 Å². The highest BCUT2D eigenvalue weighted by Gasteiger charge is 2.69. The van der Waals surface area contributed by atoms with Gasteiger partial charge in [0.15, 0.2) is 0 Å². The Labute approximate surface area is 204 Å². The average molecular weight is 497 g/mol. The lowest BCUT2D eigenvalue weighted by Gasteiger charge is -2.41. The van der Waals surface area contributed by atoms with Crippen LogP contribution in [0.15, 0.2) is 46.2 Å². The van der Waals surface area contributed by atoms with Gasteiger partial charge in [0.25, 0.3) is 0 Å². The summed E-state index contributed by atoms with van der Waals surface area (Å²) in [6, 6.07) is 10.0. The lowest BCUT2D eigenvalue weighted by Crippen LogP contribution is -2.42. The summed E-state index contributed by atoms with van der Waals surface area (Å²) in [5, 5.41) is 10.0. The van der Waals surface area contributed by atoms with Crippen LogP contribution in [0.2, 0.25) is 0 Å². The van der Waals surface area contributed by atoms with Crippen LogP contribution in [0.25, 0.3) is 6.08 Å².